The molecule has 1 aromatic rings. The molecule has 0 aliphatic heterocycles. The van der Waals surface area contributed by atoms with Crippen LogP contribution in [0.15, 0.2) is 18.3 Å². The average molecular weight is 207 g/mol. The Morgan fingerprint density at radius 2 is 1.93 bits per heavy atom. The van der Waals surface area contributed by atoms with Gasteiger partial charge in [-0.15, -0.1) is 0 Å². The lowest BCUT2D eigenvalue weighted by molar-refractivity contribution is 0.528. The second-order valence-electron chi connectivity index (χ2n) is 4.43. The minimum absolute atomic E-state index is 0.752. The Labute approximate surface area is 94.3 Å². The largest absolute Gasteiger partial charge is 0.365 e. The number of unbranched alkanes of at least 4 members (excludes halogenated alkanes) is 4. The molecule has 0 aliphatic carbocycles. The zero-order valence-corrected chi connectivity index (χ0v) is 10.3. The Morgan fingerprint density at radius 3 is 2.53 bits per heavy atom. The van der Waals surface area contributed by atoms with E-state index in [1.54, 1.807) is 0 Å². The van der Waals surface area contributed by atoms with E-state index in [9.17, 15) is 0 Å². The predicted octanol–water partition coefficient (Wildman–Crippen LogP) is 4.87. The fourth-order valence-corrected chi connectivity index (χ4v) is 2.17. The molecule has 1 heteroatoms. The van der Waals surface area contributed by atoms with Crippen molar-refractivity contribution in [3.05, 3.63) is 24.0 Å². The Hall–Kier alpha value is -0.720. The summed E-state index contributed by atoms with van der Waals surface area (Å²) < 4.78 is 0. The molecule has 0 bridgehead atoms. The molecular formula is C14H25N. The Morgan fingerprint density at radius 1 is 1.13 bits per heavy atom. The van der Waals surface area contributed by atoms with Crippen molar-refractivity contribution in [2.75, 3.05) is 0 Å². The summed E-state index contributed by atoms with van der Waals surface area (Å²) in [6.07, 6.45) is 11.6. The van der Waals surface area contributed by atoms with Crippen LogP contribution >= 0.6 is 0 Å². The lowest BCUT2D eigenvalue weighted by atomic mass is 9.95. The van der Waals surface area contributed by atoms with Gasteiger partial charge >= 0.3 is 0 Å². The van der Waals surface area contributed by atoms with Crippen LogP contribution in [-0.4, -0.2) is 4.98 Å². The summed E-state index contributed by atoms with van der Waals surface area (Å²) in [4.78, 5) is 3.34. The lowest BCUT2D eigenvalue weighted by Crippen LogP contribution is -1.97. The number of nitrogens with one attached hydrogen (secondary N) is 1. The van der Waals surface area contributed by atoms with Crippen molar-refractivity contribution in [3.63, 3.8) is 0 Å². The molecule has 1 N–H and O–H groups in total. The number of H-pyrrole nitrogens is 1. The van der Waals surface area contributed by atoms with Crippen molar-refractivity contribution < 1.29 is 0 Å². The predicted molar refractivity (Wildman–Crippen MR) is 67.2 cm³/mol. The van der Waals surface area contributed by atoms with Gasteiger partial charge in [-0.25, -0.2) is 0 Å². The van der Waals surface area contributed by atoms with E-state index >= 15 is 0 Å². The number of rotatable bonds is 8. The maximum atomic E-state index is 3.34. The highest BCUT2D eigenvalue weighted by molar-refractivity contribution is 5.09. The molecule has 1 aromatic heterocycles. The summed E-state index contributed by atoms with van der Waals surface area (Å²) in [6, 6.07) is 4.33. The second-order valence-corrected chi connectivity index (χ2v) is 4.43. The van der Waals surface area contributed by atoms with E-state index in [-0.39, 0.29) is 0 Å². The quantitative estimate of drug-likeness (QED) is 0.585. The zero-order chi connectivity index (χ0) is 10.9. The van der Waals surface area contributed by atoms with E-state index in [4.69, 9.17) is 0 Å². The third kappa shape index (κ3) is 4.55. The van der Waals surface area contributed by atoms with Gasteiger partial charge in [0, 0.05) is 11.9 Å². The topological polar surface area (TPSA) is 15.8 Å². The maximum absolute atomic E-state index is 3.34. The summed E-state index contributed by atoms with van der Waals surface area (Å²) in [5.41, 5.74) is 1.42. The Bertz CT molecular complexity index is 225. The molecular weight excluding hydrogens is 182 g/mol. The molecule has 0 fully saturated rings. The fourth-order valence-electron chi connectivity index (χ4n) is 2.17. The first-order chi connectivity index (χ1) is 7.38. The van der Waals surface area contributed by atoms with E-state index in [0.29, 0.717) is 0 Å². The standard InChI is InChI=1S/C14H25N/c1-3-5-6-7-8-10-13(4-2)14-11-9-12-15-14/h9,11-13,15H,3-8,10H2,1-2H3. The third-order valence-corrected chi connectivity index (χ3v) is 3.21. The molecule has 86 valence electrons. The van der Waals surface area contributed by atoms with E-state index < -0.39 is 0 Å². The summed E-state index contributed by atoms with van der Waals surface area (Å²) in [6.45, 7) is 4.56. The average Bonchev–Trinajstić information content (AvgIpc) is 2.77. The molecule has 1 rings (SSSR count). The Balaban J connectivity index is 2.18. The van der Waals surface area contributed by atoms with Crippen LogP contribution in [0.5, 0.6) is 0 Å². The van der Waals surface area contributed by atoms with Crippen LogP contribution in [0.1, 0.15) is 70.4 Å². The van der Waals surface area contributed by atoms with Gasteiger partial charge in [-0.3, -0.25) is 0 Å². The first-order valence-electron chi connectivity index (χ1n) is 6.51. The van der Waals surface area contributed by atoms with E-state index in [2.05, 4.69) is 31.0 Å². The van der Waals surface area contributed by atoms with Gasteiger partial charge in [-0.1, -0.05) is 46.0 Å². The van der Waals surface area contributed by atoms with Crippen molar-refractivity contribution in [2.45, 2.75) is 64.7 Å². The molecule has 0 aliphatic rings. The van der Waals surface area contributed by atoms with E-state index in [0.717, 1.165) is 5.92 Å². The highest BCUT2D eigenvalue weighted by atomic mass is 14.7. The molecule has 0 saturated heterocycles. The van der Waals surface area contributed by atoms with Gasteiger partial charge in [0.05, 0.1) is 0 Å². The minimum Gasteiger partial charge on any atom is -0.365 e. The van der Waals surface area contributed by atoms with Gasteiger partial charge in [0.25, 0.3) is 0 Å². The summed E-state index contributed by atoms with van der Waals surface area (Å²) in [5, 5.41) is 0. The van der Waals surface area contributed by atoms with Crippen LogP contribution in [0.4, 0.5) is 0 Å². The summed E-state index contributed by atoms with van der Waals surface area (Å²) in [5.74, 6) is 0.752. The van der Waals surface area contributed by atoms with Gasteiger partial charge in [-0.2, -0.15) is 0 Å². The first kappa shape index (κ1) is 12.4. The van der Waals surface area contributed by atoms with E-state index in [1.807, 2.05) is 6.20 Å². The highest BCUT2D eigenvalue weighted by Gasteiger charge is 2.08. The maximum Gasteiger partial charge on any atom is 0.0178 e. The fraction of sp³-hybridized carbons (Fsp3) is 0.714. The Kier molecular flexibility index (Phi) is 6.22. The minimum atomic E-state index is 0.752. The number of hydrogen-bond donors (Lipinski definition) is 1. The monoisotopic (exact) mass is 207 g/mol. The van der Waals surface area contributed by atoms with Crippen LogP contribution in [-0.2, 0) is 0 Å². The molecule has 0 saturated carbocycles. The zero-order valence-electron chi connectivity index (χ0n) is 10.3. The smallest absolute Gasteiger partial charge is 0.0178 e. The number of hydrogen-bond acceptors (Lipinski definition) is 0. The van der Waals surface area contributed by atoms with Gasteiger partial charge in [-0.05, 0) is 30.9 Å². The van der Waals surface area contributed by atoms with Crippen LogP contribution in [0.3, 0.4) is 0 Å². The molecule has 1 nitrogen and oxygen atoms in total. The lowest BCUT2D eigenvalue weighted by Gasteiger charge is -2.12. The molecule has 1 heterocycles. The summed E-state index contributed by atoms with van der Waals surface area (Å²) in [7, 11) is 0. The van der Waals surface area contributed by atoms with Crippen molar-refractivity contribution in [1.82, 2.24) is 4.98 Å². The normalized spacial score (nSPS) is 12.9. The van der Waals surface area contributed by atoms with Gasteiger partial charge in [0.1, 0.15) is 0 Å². The van der Waals surface area contributed by atoms with E-state index in [1.165, 1.54) is 50.6 Å². The molecule has 15 heavy (non-hydrogen) atoms. The van der Waals surface area contributed by atoms with Gasteiger partial charge in [0.15, 0.2) is 0 Å². The molecule has 0 amide bonds. The van der Waals surface area contributed by atoms with Crippen LogP contribution in [0.2, 0.25) is 0 Å². The summed E-state index contributed by atoms with van der Waals surface area (Å²) >= 11 is 0. The van der Waals surface area contributed by atoms with Crippen molar-refractivity contribution in [3.8, 4) is 0 Å². The van der Waals surface area contributed by atoms with Crippen LogP contribution in [0.25, 0.3) is 0 Å². The third-order valence-electron chi connectivity index (χ3n) is 3.21. The SMILES string of the molecule is CCCCCCCC(CC)c1ccc[nH]1. The second kappa shape index (κ2) is 7.56. The van der Waals surface area contributed by atoms with Crippen LogP contribution < -0.4 is 0 Å². The highest BCUT2D eigenvalue weighted by Crippen LogP contribution is 2.24. The molecule has 0 spiro atoms. The molecule has 0 radical (unpaired) electrons. The van der Waals surface area contributed by atoms with Crippen LogP contribution in [0, 0.1) is 0 Å². The molecule has 1 unspecified atom stereocenters. The first-order valence-corrected chi connectivity index (χ1v) is 6.51. The van der Waals surface area contributed by atoms with Gasteiger partial charge in [0.2, 0.25) is 0 Å². The van der Waals surface area contributed by atoms with Gasteiger partial charge < -0.3 is 4.98 Å². The molecule has 0 aromatic carbocycles. The number of aromatic nitrogens is 1. The van der Waals surface area contributed by atoms with Crippen molar-refractivity contribution in [2.24, 2.45) is 0 Å². The van der Waals surface area contributed by atoms with Crippen molar-refractivity contribution in [1.29, 1.82) is 0 Å². The number of aromatic amines is 1. The van der Waals surface area contributed by atoms with Crippen molar-refractivity contribution >= 4 is 0 Å². The molecule has 1 atom stereocenters.